The lowest BCUT2D eigenvalue weighted by molar-refractivity contribution is -0.117. The van der Waals surface area contributed by atoms with Crippen LogP contribution in [0.2, 0.25) is 0 Å². The van der Waals surface area contributed by atoms with Gasteiger partial charge in [0.25, 0.3) is 0 Å². The Bertz CT molecular complexity index is 395. The lowest BCUT2D eigenvalue weighted by atomic mass is 10.2. The second-order valence-corrected chi connectivity index (χ2v) is 6.15. The number of hydrogen-bond acceptors (Lipinski definition) is 4. The minimum Gasteiger partial charge on any atom is -0.323 e. The van der Waals surface area contributed by atoms with E-state index in [1.54, 1.807) is 0 Å². The number of hydrogen-bond donors (Lipinski definition) is 1. The van der Waals surface area contributed by atoms with Gasteiger partial charge in [-0.25, -0.2) is 13.2 Å². The van der Waals surface area contributed by atoms with E-state index in [-0.39, 0.29) is 23.4 Å². The number of nitrogens with one attached hydrogen (secondary N) is 1. The number of amides is 3. The standard InChI is InChI=1S/C8H13ClN2O4S/c1-11(8(13)10-7(12)4-9)6-2-3-16(14,15)5-6/h6H,2-5H2,1H3,(H,10,12,13). The minimum atomic E-state index is -3.04. The van der Waals surface area contributed by atoms with E-state index in [1.165, 1.54) is 11.9 Å². The van der Waals surface area contributed by atoms with E-state index in [0.29, 0.717) is 6.42 Å². The van der Waals surface area contributed by atoms with Crippen molar-refractivity contribution < 1.29 is 18.0 Å². The summed E-state index contributed by atoms with van der Waals surface area (Å²) in [7, 11) is -1.58. The number of sulfone groups is 1. The molecule has 0 spiro atoms. The molecule has 1 aliphatic heterocycles. The van der Waals surface area contributed by atoms with E-state index in [9.17, 15) is 18.0 Å². The lowest BCUT2D eigenvalue weighted by Gasteiger charge is -2.22. The molecule has 1 fully saturated rings. The van der Waals surface area contributed by atoms with Crippen molar-refractivity contribution in [1.29, 1.82) is 0 Å². The first-order valence-electron chi connectivity index (χ1n) is 4.69. The van der Waals surface area contributed by atoms with Crippen LogP contribution in [0, 0.1) is 0 Å². The molecular formula is C8H13ClN2O4S. The number of halogens is 1. The smallest absolute Gasteiger partial charge is 0.323 e. The molecule has 3 amide bonds. The fraction of sp³-hybridized carbons (Fsp3) is 0.750. The second-order valence-electron chi connectivity index (χ2n) is 3.65. The summed E-state index contributed by atoms with van der Waals surface area (Å²) in [6.07, 6.45) is 0.404. The van der Waals surface area contributed by atoms with Gasteiger partial charge >= 0.3 is 6.03 Å². The Morgan fingerprint density at radius 3 is 2.56 bits per heavy atom. The third-order valence-electron chi connectivity index (χ3n) is 2.44. The Morgan fingerprint density at radius 2 is 2.12 bits per heavy atom. The Balaban J connectivity index is 2.55. The molecule has 0 aromatic rings. The van der Waals surface area contributed by atoms with Crippen LogP contribution in [0.5, 0.6) is 0 Å². The number of rotatable bonds is 2. The molecule has 1 N–H and O–H groups in total. The molecule has 16 heavy (non-hydrogen) atoms. The average Bonchev–Trinajstić information content (AvgIpc) is 2.57. The van der Waals surface area contributed by atoms with Crippen LogP contribution >= 0.6 is 11.6 Å². The largest absolute Gasteiger partial charge is 0.324 e. The van der Waals surface area contributed by atoms with Gasteiger partial charge in [-0.1, -0.05) is 0 Å². The first-order valence-corrected chi connectivity index (χ1v) is 7.04. The van der Waals surface area contributed by atoms with E-state index >= 15 is 0 Å². The van der Waals surface area contributed by atoms with E-state index in [4.69, 9.17) is 11.6 Å². The van der Waals surface area contributed by atoms with Crippen molar-refractivity contribution in [2.24, 2.45) is 0 Å². The Kier molecular flexibility index (Phi) is 4.15. The highest BCUT2D eigenvalue weighted by Crippen LogP contribution is 2.16. The van der Waals surface area contributed by atoms with Gasteiger partial charge < -0.3 is 4.90 Å². The number of imide groups is 1. The van der Waals surface area contributed by atoms with Crippen LogP contribution in [-0.4, -0.2) is 55.7 Å². The van der Waals surface area contributed by atoms with Crippen molar-refractivity contribution in [3.63, 3.8) is 0 Å². The van der Waals surface area contributed by atoms with Crippen molar-refractivity contribution in [3.8, 4) is 0 Å². The molecule has 1 aliphatic rings. The summed E-state index contributed by atoms with van der Waals surface area (Å²) in [6, 6.07) is -0.985. The summed E-state index contributed by atoms with van der Waals surface area (Å²) >= 11 is 5.23. The summed E-state index contributed by atoms with van der Waals surface area (Å²) in [5.74, 6) is -0.868. The molecular weight excluding hydrogens is 256 g/mol. The van der Waals surface area contributed by atoms with Gasteiger partial charge in [0, 0.05) is 13.1 Å². The van der Waals surface area contributed by atoms with Gasteiger partial charge in [-0.15, -0.1) is 11.6 Å². The van der Waals surface area contributed by atoms with E-state index in [0.717, 1.165) is 0 Å². The molecule has 1 rings (SSSR count). The molecule has 8 heteroatoms. The van der Waals surface area contributed by atoms with Crippen molar-refractivity contribution in [2.75, 3.05) is 24.4 Å². The predicted molar refractivity (Wildman–Crippen MR) is 59.1 cm³/mol. The first kappa shape index (κ1) is 13.2. The van der Waals surface area contributed by atoms with Gasteiger partial charge in [-0.3, -0.25) is 10.1 Å². The lowest BCUT2D eigenvalue weighted by Crippen LogP contribution is -2.46. The highest BCUT2D eigenvalue weighted by molar-refractivity contribution is 7.91. The van der Waals surface area contributed by atoms with Crippen LogP contribution in [0.3, 0.4) is 0 Å². The molecule has 0 aromatic carbocycles. The molecule has 0 aliphatic carbocycles. The SMILES string of the molecule is CN(C(=O)NC(=O)CCl)C1CCS(=O)(=O)C1. The van der Waals surface area contributed by atoms with Crippen molar-refractivity contribution >= 4 is 33.4 Å². The zero-order valence-electron chi connectivity index (χ0n) is 8.77. The number of nitrogens with zero attached hydrogens (tertiary/aromatic N) is 1. The van der Waals surface area contributed by atoms with Crippen LogP contribution in [0.1, 0.15) is 6.42 Å². The highest BCUT2D eigenvalue weighted by atomic mass is 35.5. The number of carbonyl (C=O) groups excluding carboxylic acids is 2. The maximum absolute atomic E-state index is 11.5. The van der Waals surface area contributed by atoms with Crippen LogP contribution in [0.25, 0.3) is 0 Å². The van der Waals surface area contributed by atoms with Crippen molar-refractivity contribution in [3.05, 3.63) is 0 Å². The van der Waals surface area contributed by atoms with Gasteiger partial charge in [0.05, 0.1) is 11.5 Å². The maximum Gasteiger partial charge on any atom is 0.324 e. The quantitative estimate of drug-likeness (QED) is 0.690. The zero-order chi connectivity index (χ0) is 12.3. The molecule has 1 saturated heterocycles. The number of alkyl halides is 1. The van der Waals surface area contributed by atoms with E-state index < -0.39 is 21.8 Å². The van der Waals surface area contributed by atoms with E-state index in [2.05, 4.69) is 5.32 Å². The van der Waals surface area contributed by atoms with Gasteiger partial charge in [0.1, 0.15) is 5.88 Å². The number of carbonyl (C=O) groups is 2. The fourth-order valence-corrected chi connectivity index (χ4v) is 3.33. The van der Waals surface area contributed by atoms with Gasteiger partial charge in [0.15, 0.2) is 9.84 Å². The normalized spacial score (nSPS) is 22.8. The van der Waals surface area contributed by atoms with Crippen LogP contribution in [-0.2, 0) is 14.6 Å². The first-order chi connectivity index (χ1) is 7.35. The summed E-state index contributed by atoms with van der Waals surface area (Å²) in [4.78, 5) is 23.5. The van der Waals surface area contributed by atoms with Crippen LogP contribution in [0.4, 0.5) is 4.79 Å². The topological polar surface area (TPSA) is 83.6 Å². The third kappa shape index (κ3) is 3.34. The van der Waals surface area contributed by atoms with Gasteiger partial charge in [-0.05, 0) is 6.42 Å². The van der Waals surface area contributed by atoms with Gasteiger partial charge in [0.2, 0.25) is 5.91 Å². The molecule has 1 atom stereocenters. The maximum atomic E-state index is 11.5. The molecule has 1 unspecified atom stereocenters. The molecule has 1 heterocycles. The number of urea groups is 1. The Labute approximate surface area is 98.8 Å². The van der Waals surface area contributed by atoms with Gasteiger partial charge in [-0.2, -0.15) is 0 Å². The third-order valence-corrected chi connectivity index (χ3v) is 4.44. The highest BCUT2D eigenvalue weighted by Gasteiger charge is 2.32. The van der Waals surface area contributed by atoms with Crippen LogP contribution in [0.15, 0.2) is 0 Å². The molecule has 92 valence electrons. The Hall–Kier alpha value is -0.820. The molecule has 0 saturated carbocycles. The molecule has 6 nitrogen and oxygen atoms in total. The summed E-state index contributed by atoms with van der Waals surface area (Å²) in [5.41, 5.74) is 0. The summed E-state index contributed by atoms with van der Waals surface area (Å²) in [5, 5.41) is 2.05. The van der Waals surface area contributed by atoms with Crippen LogP contribution < -0.4 is 5.32 Å². The monoisotopic (exact) mass is 268 g/mol. The predicted octanol–water partition coefficient (Wildman–Crippen LogP) is -0.420. The zero-order valence-corrected chi connectivity index (χ0v) is 10.3. The summed E-state index contributed by atoms with van der Waals surface area (Å²) in [6.45, 7) is 0. The fourth-order valence-electron chi connectivity index (χ4n) is 1.49. The molecule has 0 aromatic heterocycles. The average molecular weight is 269 g/mol. The van der Waals surface area contributed by atoms with E-state index in [1.807, 2.05) is 0 Å². The second kappa shape index (κ2) is 5.01. The van der Waals surface area contributed by atoms with Crippen molar-refractivity contribution in [1.82, 2.24) is 10.2 Å². The minimum absolute atomic E-state index is 0.0496. The molecule has 0 bridgehead atoms. The summed E-state index contributed by atoms with van der Waals surface area (Å²) < 4.78 is 22.4. The van der Waals surface area contributed by atoms with Crippen molar-refractivity contribution in [2.45, 2.75) is 12.5 Å². The molecule has 0 radical (unpaired) electrons. The Morgan fingerprint density at radius 1 is 1.50 bits per heavy atom.